The van der Waals surface area contributed by atoms with Crippen molar-refractivity contribution in [2.75, 3.05) is 0 Å². The van der Waals surface area contributed by atoms with Crippen LogP contribution < -0.4 is 10.4 Å². The lowest BCUT2D eigenvalue weighted by Crippen LogP contribution is -2.09. The third-order valence-electron chi connectivity index (χ3n) is 3.93. The normalized spacial score (nSPS) is 10.9. The molecule has 0 saturated carbocycles. The van der Waals surface area contributed by atoms with Crippen molar-refractivity contribution >= 4 is 22.6 Å². The van der Waals surface area contributed by atoms with Gasteiger partial charge >= 0.3 is 5.63 Å². The Morgan fingerprint density at radius 1 is 1.13 bits per heavy atom. The van der Waals surface area contributed by atoms with E-state index in [0.717, 1.165) is 22.1 Å². The molecule has 1 heterocycles. The van der Waals surface area contributed by atoms with Gasteiger partial charge in [0.25, 0.3) is 0 Å². The Morgan fingerprint density at radius 3 is 2.57 bits per heavy atom. The molecule has 0 radical (unpaired) electrons. The molecule has 0 fully saturated rings. The summed E-state index contributed by atoms with van der Waals surface area (Å²) in [5.74, 6) is 0.666. The zero-order valence-corrected chi connectivity index (χ0v) is 13.8. The van der Waals surface area contributed by atoms with Gasteiger partial charge in [0.15, 0.2) is 0 Å². The Kier molecular flexibility index (Phi) is 4.39. The van der Waals surface area contributed by atoms with Crippen LogP contribution in [-0.4, -0.2) is 0 Å². The molecule has 3 rings (SSSR count). The molecule has 1 aromatic heterocycles. The molecule has 0 bridgehead atoms. The molecule has 23 heavy (non-hydrogen) atoms. The van der Waals surface area contributed by atoms with Crippen LogP contribution in [0, 0.1) is 6.92 Å². The van der Waals surface area contributed by atoms with Gasteiger partial charge in [-0.15, -0.1) is 0 Å². The third-order valence-corrected chi connectivity index (χ3v) is 4.18. The van der Waals surface area contributed by atoms with Crippen molar-refractivity contribution in [1.82, 2.24) is 0 Å². The molecule has 0 aliphatic heterocycles. The van der Waals surface area contributed by atoms with Crippen LogP contribution in [0.5, 0.6) is 5.75 Å². The summed E-state index contributed by atoms with van der Waals surface area (Å²) in [6.45, 7) is 4.33. The van der Waals surface area contributed by atoms with Crippen molar-refractivity contribution in [2.45, 2.75) is 26.9 Å². The predicted molar refractivity (Wildman–Crippen MR) is 92.4 cm³/mol. The van der Waals surface area contributed by atoms with Crippen molar-refractivity contribution in [1.29, 1.82) is 0 Å². The van der Waals surface area contributed by atoms with E-state index >= 15 is 0 Å². The fourth-order valence-electron chi connectivity index (χ4n) is 2.62. The van der Waals surface area contributed by atoms with Crippen molar-refractivity contribution in [3.8, 4) is 5.75 Å². The minimum absolute atomic E-state index is 0.271. The van der Waals surface area contributed by atoms with Gasteiger partial charge in [0, 0.05) is 22.0 Å². The summed E-state index contributed by atoms with van der Waals surface area (Å²) in [4.78, 5) is 12.0. The Labute approximate surface area is 139 Å². The highest BCUT2D eigenvalue weighted by Gasteiger charge is 2.10. The Balaban J connectivity index is 1.88. The van der Waals surface area contributed by atoms with E-state index in [1.165, 1.54) is 0 Å². The first-order chi connectivity index (χ1) is 11.1. The summed E-state index contributed by atoms with van der Waals surface area (Å²) in [7, 11) is 0. The maximum Gasteiger partial charge on any atom is 0.339 e. The summed E-state index contributed by atoms with van der Waals surface area (Å²) in [6.07, 6.45) is 0.666. The molecule has 3 nitrogen and oxygen atoms in total. The van der Waals surface area contributed by atoms with E-state index in [-0.39, 0.29) is 5.63 Å². The van der Waals surface area contributed by atoms with E-state index in [2.05, 4.69) is 0 Å². The standard InChI is InChI=1S/C19H17ClO3/c1-3-16-12(2)17-9-8-15(10-18(17)23-19(16)21)22-11-13-4-6-14(20)7-5-13/h4-10H,3,11H2,1-2H3. The number of hydrogen-bond donors (Lipinski definition) is 0. The Hall–Kier alpha value is -2.26. The van der Waals surface area contributed by atoms with Crippen LogP contribution in [0.3, 0.4) is 0 Å². The lowest BCUT2D eigenvalue weighted by molar-refractivity contribution is 0.306. The molecule has 0 atom stereocenters. The molecule has 0 aliphatic carbocycles. The summed E-state index contributed by atoms with van der Waals surface area (Å²) >= 11 is 5.87. The highest BCUT2D eigenvalue weighted by atomic mass is 35.5. The van der Waals surface area contributed by atoms with Crippen molar-refractivity contribution in [2.24, 2.45) is 0 Å². The van der Waals surface area contributed by atoms with Crippen LogP contribution >= 0.6 is 11.6 Å². The number of aryl methyl sites for hydroxylation is 1. The Morgan fingerprint density at radius 2 is 1.87 bits per heavy atom. The lowest BCUT2D eigenvalue weighted by Gasteiger charge is -2.09. The number of hydrogen-bond acceptors (Lipinski definition) is 3. The molecular weight excluding hydrogens is 312 g/mol. The van der Waals surface area contributed by atoms with Gasteiger partial charge in [0.05, 0.1) is 0 Å². The first kappa shape index (κ1) is 15.6. The van der Waals surface area contributed by atoms with E-state index in [4.69, 9.17) is 20.8 Å². The van der Waals surface area contributed by atoms with Crippen LogP contribution in [0.15, 0.2) is 51.7 Å². The van der Waals surface area contributed by atoms with E-state index in [9.17, 15) is 4.79 Å². The van der Waals surface area contributed by atoms with E-state index in [1.54, 1.807) is 6.07 Å². The molecule has 3 aromatic rings. The second kappa shape index (κ2) is 6.47. The number of halogens is 1. The Bertz CT molecular complexity index is 895. The molecule has 118 valence electrons. The fourth-order valence-corrected chi connectivity index (χ4v) is 2.75. The van der Waals surface area contributed by atoms with Crippen LogP contribution in [0.2, 0.25) is 5.02 Å². The van der Waals surface area contributed by atoms with Crippen molar-refractivity contribution in [3.05, 3.63) is 74.6 Å². The van der Waals surface area contributed by atoms with E-state index < -0.39 is 0 Å². The minimum atomic E-state index is -0.271. The van der Waals surface area contributed by atoms with Gasteiger partial charge in [0.2, 0.25) is 0 Å². The van der Waals surface area contributed by atoms with Gasteiger partial charge in [-0.25, -0.2) is 4.79 Å². The van der Waals surface area contributed by atoms with Gasteiger partial charge in [-0.05, 0) is 48.7 Å². The number of ether oxygens (including phenoxy) is 1. The average Bonchev–Trinajstić information content (AvgIpc) is 2.54. The second-order valence-corrected chi connectivity index (χ2v) is 5.86. The maximum atomic E-state index is 12.0. The number of benzene rings is 2. The van der Waals surface area contributed by atoms with Gasteiger partial charge in [-0.3, -0.25) is 0 Å². The molecule has 0 N–H and O–H groups in total. The largest absolute Gasteiger partial charge is 0.489 e. The fraction of sp³-hybridized carbons (Fsp3) is 0.211. The monoisotopic (exact) mass is 328 g/mol. The van der Waals surface area contributed by atoms with Crippen LogP contribution in [0.4, 0.5) is 0 Å². The summed E-state index contributed by atoms with van der Waals surface area (Å²) in [5, 5.41) is 1.64. The van der Waals surface area contributed by atoms with E-state index in [0.29, 0.717) is 29.4 Å². The maximum absolute atomic E-state index is 12.0. The molecule has 0 amide bonds. The SMILES string of the molecule is CCc1c(C)c2ccc(OCc3ccc(Cl)cc3)cc2oc1=O. The topological polar surface area (TPSA) is 39.4 Å². The highest BCUT2D eigenvalue weighted by Crippen LogP contribution is 2.25. The van der Waals surface area contributed by atoms with Crippen LogP contribution in [-0.2, 0) is 13.0 Å². The molecule has 0 spiro atoms. The quantitative estimate of drug-likeness (QED) is 0.640. The zero-order chi connectivity index (χ0) is 16.4. The van der Waals surface area contributed by atoms with Gasteiger partial charge in [0.1, 0.15) is 17.9 Å². The molecule has 0 aliphatic rings. The lowest BCUT2D eigenvalue weighted by atomic mass is 10.0. The summed E-state index contributed by atoms with van der Waals surface area (Å²) < 4.78 is 11.2. The van der Waals surface area contributed by atoms with Gasteiger partial charge in [-0.1, -0.05) is 30.7 Å². The molecule has 0 saturated heterocycles. The summed E-state index contributed by atoms with van der Waals surface area (Å²) in [6, 6.07) is 13.1. The van der Waals surface area contributed by atoms with Crippen LogP contribution in [0.25, 0.3) is 11.0 Å². The van der Waals surface area contributed by atoms with E-state index in [1.807, 2.05) is 50.2 Å². The van der Waals surface area contributed by atoms with Gasteiger partial charge in [-0.2, -0.15) is 0 Å². The predicted octanol–water partition coefficient (Wildman–Crippen LogP) is 4.90. The smallest absolute Gasteiger partial charge is 0.339 e. The molecule has 4 heteroatoms. The second-order valence-electron chi connectivity index (χ2n) is 5.42. The van der Waals surface area contributed by atoms with Gasteiger partial charge < -0.3 is 9.15 Å². The first-order valence-electron chi connectivity index (χ1n) is 7.52. The average molecular weight is 329 g/mol. The zero-order valence-electron chi connectivity index (χ0n) is 13.1. The summed E-state index contributed by atoms with van der Waals surface area (Å²) in [5.41, 5.74) is 3.01. The molecular formula is C19H17ClO3. The molecule has 2 aromatic carbocycles. The van der Waals surface area contributed by atoms with Crippen LogP contribution in [0.1, 0.15) is 23.6 Å². The minimum Gasteiger partial charge on any atom is -0.489 e. The van der Waals surface area contributed by atoms with Crippen molar-refractivity contribution in [3.63, 3.8) is 0 Å². The van der Waals surface area contributed by atoms with Crippen molar-refractivity contribution < 1.29 is 9.15 Å². The molecule has 0 unspecified atom stereocenters. The third kappa shape index (κ3) is 3.25. The highest BCUT2D eigenvalue weighted by molar-refractivity contribution is 6.30. The number of fused-ring (bicyclic) bond motifs is 1. The number of rotatable bonds is 4. The first-order valence-corrected chi connectivity index (χ1v) is 7.90.